The van der Waals surface area contributed by atoms with Crippen molar-refractivity contribution < 1.29 is 14.3 Å². The second kappa shape index (κ2) is 10.1. The zero-order valence-corrected chi connectivity index (χ0v) is 18.1. The molecular formula is C25H30N2O3. The molecule has 1 heterocycles. The fourth-order valence-corrected chi connectivity index (χ4v) is 3.72. The lowest BCUT2D eigenvalue weighted by atomic mass is 10.0. The van der Waals surface area contributed by atoms with Crippen LogP contribution in [0.5, 0.6) is 5.75 Å². The van der Waals surface area contributed by atoms with Crippen LogP contribution in [-0.4, -0.2) is 41.8 Å². The van der Waals surface area contributed by atoms with E-state index in [1.165, 1.54) is 4.90 Å². The number of ether oxygens (including phenoxy) is 1. The van der Waals surface area contributed by atoms with E-state index in [0.29, 0.717) is 31.0 Å². The molecule has 0 saturated carbocycles. The Kier molecular flexibility index (Phi) is 7.28. The maximum atomic E-state index is 13.3. The van der Waals surface area contributed by atoms with Gasteiger partial charge in [-0.15, -0.1) is 0 Å². The van der Waals surface area contributed by atoms with Crippen molar-refractivity contribution in [2.75, 3.05) is 20.2 Å². The third-order valence-corrected chi connectivity index (χ3v) is 5.23. The number of hydrogen-bond donors (Lipinski definition) is 0. The topological polar surface area (TPSA) is 49.9 Å². The van der Waals surface area contributed by atoms with Crippen LogP contribution >= 0.6 is 0 Å². The summed E-state index contributed by atoms with van der Waals surface area (Å²) < 4.78 is 5.52. The summed E-state index contributed by atoms with van der Waals surface area (Å²) in [5, 5.41) is 0. The van der Waals surface area contributed by atoms with E-state index in [2.05, 4.69) is 6.92 Å². The summed E-state index contributed by atoms with van der Waals surface area (Å²) in [5.74, 6) is 0.325. The van der Waals surface area contributed by atoms with Crippen LogP contribution in [0, 0.1) is 0 Å². The van der Waals surface area contributed by atoms with Crippen molar-refractivity contribution >= 4 is 17.4 Å². The lowest BCUT2D eigenvalue weighted by Crippen LogP contribution is -2.34. The lowest BCUT2D eigenvalue weighted by Gasteiger charge is -2.21. The number of carbonyl (C=O) groups excluding carboxylic acids is 2. The quantitative estimate of drug-likeness (QED) is 0.431. The van der Waals surface area contributed by atoms with E-state index in [1.807, 2.05) is 73.5 Å². The minimum Gasteiger partial charge on any atom is -0.494 e. The van der Waals surface area contributed by atoms with E-state index in [4.69, 9.17) is 4.74 Å². The maximum Gasteiger partial charge on any atom is 0.277 e. The van der Waals surface area contributed by atoms with Crippen molar-refractivity contribution in [2.24, 2.45) is 0 Å². The van der Waals surface area contributed by atoms with E-state index >= 15 is 0 Å². The number of hydrogen-bond acceptors (Lipinski definition) is 4. The molecule has 0 aromatic heterocycles. The number of rotatable bonds is 10. The van der Waals surface area contributed by atoms with E-state index in [1.54, 1.807) is 0 Å². The van der Waals surface area contributed by atoms with Crippen molar-refractivity contribution in [1.29, 1.82) is 0 Å². The molecular weight excluding hydrogens is 376 g/mol. The van der Waals surface area contributed by atoms with Gasteiger partial charge in [0.1, 0.15) is 11.4 Å². The second-order valence-electron chi connectivity index (χ2n) is 7.49. The minimum atomic E-state index is -0.213. The smallest absolute Gasteiger partial charge is 0.277 e. The Morgan fingerprint density at radius 2 is 1.60 bits per heavy atom. The van der Waals surface area contributed by atoms with Crippen molar-refractivity contribution in [3.63, 3.8) is 0 Å². The van der Waals surface area contributed by atoms with Crippen LogP contribution in [-0.2, 0) is 16.1 Å². The Balaban J connectivity index is 1.95. The van der Waals surface area contributed by atoms with E-state index in [-0.39, 0.29) is 11.8 Å². The summed E-state index contributed by atoms with van der Waals surface area (Å²) >= 11 is 0. The first-order chi connectivity index (χ1) is 14.6. The molecule has 30 heavy (non-hydrogen) atoms. The number of unbranched alkanes of at least 4 members (excludes halogenated alkanes) is 2. The third-order valence-electron chi connectivity index (χ3n) is 5.23. The van der Waals surface area contributed by atoms with Gasteiger partial charge in [0.25, 0.3) is 11.8 Å². The molecule has 158 valence electrons. The molecule has 0 N–H and O–H groups in total. The number of amides is 2. The average molecular weight is 407 g/mol. The first kappa shape index (κ1) is 21.6. The van der Waals surface area contributed by atoms with Crippen LogP contribution < -0.4 is 4.74 Å². The summed E-state index contributed by atoms with van der Waals surface area (Å²) in [5.41, 5.74) is 2.76. The first-order valence-electron chi connectivity index (χ1n) is 10.7. The monoisotopic (exact) mass is 406 g/mol. The van der Waals surface area contributed by atoms with Gasteiger partial charge in [-0.3, -0.25) is 14.5 Å². The summed E-state index contributed by atoms with van der Waals surface area (Å²) in [6, 6.07) is 17.4. The lowest BCUT2D eigenvalue weighted by molar-refractivity contribution is -0.137. The molecule has 5 heteroatoms. The largest absolute Gasteiger partial charge is 0.494 e. The Bertz CT molecular complexity index is 904. The zero-order chi connectivity index (χ0) is 21.5. The van der Waals surface area contributed by atoms with Gasteiger partial charge in [-0.1, -0.05) is 62.2 Å². The van der Waals surface area contributed by atoms with Crippen LogP contribution in [0.2, 0.25) is 0 Å². The molecule has 5 nitrogen and oxygen atoms in total. The molecule has 3 rings (SSSR count). The van der Waals surface area contributed by atoms with Crippen LogP contribution in [0.3, 0.4) is 0 Å². The molecule has 0 radical (unpaired) electrons. The van der Waals surface area contributed by atoms with Gasteiger partial charge in [-0.05, 0) is 36.6 Å². The van der Waals surface area contributed by atoms with E-state index in [0.717, 1.165) is 36.1 Å². The summed E-state index contributed by atoms with van der Waals surface area (Å²) in [4.78, 5) is 29.8. The molecule has 2 amide bonds. The molecule has 0 saturated heterocycles. The summed E-state index contributed by atoms with van der Waals surface area (Å²) in [6.07, 6.45) is 2.85. The van der Waals surface area contributed by atoms with Crippen molar-refractivity contribution in [2.45, 2.75) is 39.7 Å². The highest BCUT2D eigenvalue weighted by Crippen LogP contribution is 2.33. The minimum absolute atomic E-state index is 0.210. The fraction of sp³-hybridized carbons (Fsp3) is 0.360. The number of nitrogens with zero attached hydrogens (tertiary/aromatic N) is 2. The fourth-order valence-electron chi connectivity index (χ4n) is 3.72. The first-order valence-corrected chi connectivity index (χ1v) is 10.7. The molecule has 1 aliphatic rings. The molecule has 2 aromatic carbocycles. The highest BCUT2D eigenvalue weighted by atomic mass is 16.5. The van der Waals surface area contributed by atoms with E-state index < -0.39 is 0 Å². The summed E-state index contributed by atoms with van der Waals surface area (Å²) in [7, 11) is 1.87. The van der Waals surface area contributed by atoms with Crippen LogP contribution in [0.15, 0.2) is 60.3 Å². The zero-order valence-electron chi connectivity index (χ0n) is 18.1. The highest BCUT2D eigenvalue weighted by molar-refractivity contribution is 6.35. The number of carbonyl (C=O) groups is 2. The van der Waals surface area contributed by atoms with Gasteiger partial charge < -0.3 is 9.64 Å². The van der Waals surface area contributed by atoms with Gasteiger partial charge in [-0.25, -0.2) is 0 Å². The van der Waals surface area contributed by atoms with Crippen molar-refractivity contribution in [1.82, 2.24) is 9.80 Å². The van der Waals surface area contributed by atoms with Crippen molar-refractivity contribution in [3.05, 3.63) is 71.4 Å². The van der Waals surface area contributed by atoms with Crippen molar-refractivity contribution in [3.8, 4) is 5.75 Å². The third kappa shape index (κ3) is 4.73. The van der Waals surface area contributed by atoms with Crippen LogP contribution in [0.1, 0.15) is 44.2 Å². The standard InChI is InChI=1S/C25H30N2O3/c1-4-6-10-17-27-24(28)22(20-13-15-21(16-14-20)30-5-2)23(25(27)29)26(3)18-19-11-8-7-9-12-19/h7-9,11-16H,4-6,10,17-18H2,1-3H3. The molecule has 0 unspecified atom stereocenters. The second-order valence-corrected chi connectivity index (χ2v) is 7.49. The van der Waals surface area contributed by atoms with Gasteiger partial charge >= 0.3 is 0 Å². The Morgan fingerprint density at radius 3 is 2.23 bits per heavy atom. The molecule has 0 bridgehead atoms. The Labute approximate surface area is 178 Å². The number of imide groups is 1. The van der Waals surface area contributed by atoms with Gasteiger partial charge in [0.2, 0.25) is 0 Å². The summed E-state index contributed by atoms with van der Waals surface area (Å²) in [6.45, 7) is 5.62. The number of benzene rings is 2. The van der Waals surface area contributed by atoms with Crippen LogP contribution in [0.25, 0.3) is 5.57 Å². The predicted molar refractivity (Wildman–Crippen MR) is 119 cm³/mol. The van der Waals surface area contributed by atoms with Gasteiger partial charge in [0.05, 0.1) is 12.2 Å². The Hall–Kier alpha value is -3.08. The van der Waals surface area contributed by atoms with Crippen LogP contribution in [0.4, 0.5) is 0 Å². The van der Waals surface area contributed by atoms with Gasteiger partial charge in [-0.2, -0.15) is 0 Å². The van der Waals surface area contributed by atoms with Gasteiger partial charge in [0, 0.05) is 20.1 Å². The van der Waals surface area contributed by atoms with Gasteiger partial charge in [0.15, 0.2) is 0 Å². The maximum absolute atomic E-state index is 13.3. The predicted octanol–water partition coefficient (Wildman–Crippen LogP) is 4.49. The number of likely N-dealkylation sites (N-methyl/N-ethyl adjacent to an activating group) is 1. The normalized spacial score (nSPS) is 13.9. The molecule has 0 fully saturated rings. The van der Waals surface area contributed by atoms with E-state index in [9.17, 15) is 9.59 Å². The average Bonchev–Trinajstić information content (AvgIpc) is 3.00. The molecule has 2 aromatic rings. The molecule has 1 aliphatic heterocycles. The Morgan fingerprint density at radius 1 is 0.900 bits per heavy atom. The molecule has 0 atom stereocenters. The molecule has 0 aliphatic carbocycles. The molecule has 0 spiro atoms. The SMILES string of the molecule is CCCCCN1C(=O)C(c2ccc(OCC)cc2)=C(N(C)Cc2ccccc2)C1=O. The highest BCUT2D eigenvalue weighted by Gasteiger charge is 2.40.